The molecule has 1 atom stereocenters. The van der Waals surface area contributed by atoms with Gasteiger partial charge in [0.05, 0.1) is 10.6 Å². The molecule has 0 aromatic heterocycles. The topological polar surface area (TPSA) is 60.4 Å². The van der Waals surface area contributed by atoms with Crippen LogP contribution in [0.3, 0.4) is 0 Å². The molecular formula is C17H14BrClO4S. The van der Waals surface area contributed by atoms with Crippen LogP contribution < -0.4 is 0 Å². The molecule has 0 amide bonds. The summed E-state index contributed by atoms with van der Waals surface area (Å²) in [4.78, 5) is 11.9. The van der Waals surface area contributed by atoms with Crippen LogP contribution in [-0.4, -0.2) is 20.1 Å². The normalized spacial score (nSPS) is 20.8. The zero-order valence-electron chi connectivity index (χ0n) is 12.5. The highest BCUT2D eigenvalue weighted by Crippen LogP contribution is 2.39. The lowest BCUT2D eigenvalue weighted by atomic mass is 9.93. The van der Waals surface area contributed by atoms with E-state index in [1.54, 1.807) is 36.4 Å². The van der Waals surface area contributed by atoms with E-state index in [1.807, 2.05) is 0 Å². The predicted octanol–water partition coefficient (Wildman–Crippen LogP) is 4.11. The van der Waals surface area contributed by atoms with Crippen molar-refractivity contribution >= 4 is 43.3 Å². The first kappa shape index (κ1) is 17.5. The minimum atomic E-state index is -3.63. The lowest BCUT2D eigenvalue weighted by Gasteiger charge is -2.28. The molecule has 0 aliphatic carbocycles. The molecule has 0 saturated carbocycles. The summed E-state index contributed by atoms with van der Waals surface area (Å²) >= 11 is 9.19. The van der Waals surface area contributed by atoms with E-state index in [2.05, 4.69) is 15.9 Å². The zero-order chi connectivity index (χ0) is 17.4. The van der Waals surface area contributed by atoms with Gasteiger partial charge < -0.3 is 4.74 Å². The van der Waals surface area contributed by atoms with Gasteiger partial charge in [-0.15, -0.1) is 0 Å². The lowest BCUT2D eigenvalue weighted by Crippen LogP contribution is -2.34. The quantitative estimate of drug-likeness (QED) is 0.686. The van der Waals surface area contributed by atoms with Crippen LogP contribution in [0.25, 0.3) is 0 Å². The molecule has 0 unspecified atom stereocenters. The van der Waals surface area contributed by atoms with Gasteiger partial charge in [0.1, 0.15) is 0 Å². The van der Waals surface area contributed by atoms with Crippen molar-refractivity contribution in [2.24, 2.45) is 0 Å². The average molecular weight is 430 g/mol. The summed E-state index contributed by atoms with van der Waals surface area (Å²) in [5.74, 6) is -0.689. The maximum Gasteiger partial charge on any atom is 0.306 e. The van der Waals surface area contributed by atoms with Gasteiger partial charge in [0.25, 0.3) is 0 Å². The molecule has 1 aliphatic heterocycles. The first-order chi connectivity index (χ1) is 11.3. The Balaban J connectivity index is 2.00. The average Bonchev–Trinajstić information content (AvgIpc) is 2.89. The summed E-state index contributed by atoms with van der Waals surface area (Å²) < 4.78 is 31.9. The molecule has 0 N–H and O–H groups in total. The van der Waals surface area contributed by atoms with Crippen molar-refractivity contribution in [2.45, 2.75) is 23.3 Å². The Labute approximate surface area is 153 Å². The van der Waals surface area contributed by atoms with Crippen LogP contribution >= 0.6 is 27.5 Å². The summed E-state index contributed by atoms with van der Waals surface area (Å²) in [5, 5.41) is 0.536. The van der Waals surface area contributed by atoms with E-state index in [-0.39, 0.29) is 17.1 Å². The van der Waals surface area contributed by atoms with Crippen LogP contribution in [0.2, 0.25) is 5.02 Å². The minimum Gasteiger partial charge on any atom is -0.453 e. The molecule has 3 rings (SSSR count). The van der Waals surface area contributed by atoms with Crippen molar-refractivity contribution < 1.29 is 17.9 Å². The Kier molecular flexibility index (Phi) is 4.73. The maximum absolute atomic E-state index is 12.8. The molecule has 2 aromatic carbocycles. The van der Waals surface area contributed by atoms with Gasteiger partial charge in [0.15, 0.2) is 15.4 Å². The number of halogens is 2. The number of cyclic esters (lactones) is 1. The second-order valence-electron chi connectivity index (χ2n) is 5.69. The summed E-state index contributed by atoms with van der Waals surface area (Å²) in [7, 11) is -3.63. The van der Waals surface area contributed by atoms with Crippen molar-refractivity contribution in [3.05, 3.63) is 63.6 Å². The second-order valence-corrected chi connectivity index (χ2v) is 9.03. The zero-order valence-corrected chi connectivity index (χ0v) is 15.7. The predicted molar refractivity (Wildman–Crippen MR) is 94.7 cm³/mol. The minimum absolute atomic E-state index is 0.193. The first-order valence-electron chi connectivity index (χ1n) is 7.27. The number of rotatable bonds is 4. The van der Waals surface area contributed by atoms with Gasteiger partial charge in [-0.2, -0.15) is 0 Å². The summed E-state index contributed by atoms with van der Waals surface area (Å²) in [6, 6.07) is 13.1. The molecule has 4 nitrogen and oxygen atoms in total. The molecule has 1 fully saturated rings. The van der Waals surface area contributed by atoms with Gasteiger partial charge in [0.2, 0.25) is 0 Å². The third kappa shape index (κ3) is 3.50. The number of esters is 1. The van der Waals surface area contributed by atoms with Crippen LogP contribution in [0.15, 0.2) is 57.9 Å². The van der Waals surface area contributed by atoms with Crippen LogP contribution in [0.1, 0.15) is 18.4 Å². The maximum atomic E-state index is 12.8. The van der Waals surface area contributed by atoms with E-state index in [1.165, 1.54) is 12.1 Å². The first-order valence-corrected chi connectivity index (χ1v) is 10.1. The highest BCUT2D eigenvalue weighted by atomic mass is 79.9. The molecule has 1 heterocycles. The number of ether oxygens (including phenoxy) is 1. The molecular weight excluding hydrogens is 416 g/mol. The van der Waals surface area contributed by atoms with E-state index in [0.717, 1.165) is 4.47 Å². The molecule has 1 saturated heterocycles. The molecule has 0 radical (unpaired) electrons. The van der Waals surface area contributed by atoms with Crippen molar-refractivity contribution in [1.29, 1.82) is 0 Å². The van der Waals surface area contributed by atoms with Gasteiger partial charge in [-0.25, -0.2) is 8.42 Å². The Morgan fingerprint density at radius 1 is 1.08 bits per heavy atom. The molecule has 7 heteroatoms. The van der Waals surface area contributed by atoms with Gasteiger partial charge in [-0.1, -0.05) is 39.7 Å². The Morgan fingerprint density at radius 3 is 2.25 bits per heavy atom. The van der Waals surface area contributed by atoms with Gasteiger partial charge in [0, 0.05) is 22.3 Å². The highest BCUT2D eigenvalue weighted by Gasteiger charge is 2.45. The number of sulfone groups is 1. The van der Waals surface area contributed by atoms with Crippen LogP contribution in [0.4, 0.5) is 0 Å². The van der Waals surface area contributed by atoms with Crippen molar-refractivity contribution in [3.8, 4) is 0 Å². The van der Waals surface area contributed by atoms with E-state index in [4.69, 9.17) is 16.3 Å². The van der Waals surface area contributed by atoms with Crippen molar-refractivity contribution in [1.82, 2.24) is 0 Å². The number of carbonyl (C=O) groups excluding carboxylic acids is 1. The summed E-state index contributed by atoms with van der Waals surface area (Å²) in [5.41, 5.74) is -0.536. The summed E-state index contributed by atoms with van der Waals surface area (Å²) in [6.45, 7) is 0. The highest BCUT2D eigenvalue weighted by molar-refractivity contribution is 9.10. The Hall–Kier alpha value is -1.37. The standard InChI is InChI=1S/C17H14BrClO4S/c18-13-3-7-15(8-4-13)24(21,22)11-17(10-9-16(20)23-17)12-1-5-14(19)6-2-12/h1-8H,9-11H2/t17-/m1/s1. The third-order valence-electron chi connectivity index (χ3n) is 4.01. The Bertz CT molecular complexity index is 862. The fourth-order valence-electron chi connectivity index (χ4n) is 2.80. The number of benzene rings is 2. The van der Waals surface area contributed by atoms with E-state index >= 15 is 0 Å². The van der Waals surface area contributed by atoms with Crippen LogP contribution in [-0.2, 0) is 25.0 Å². The van der Waals surface area contributed by atoms with E-state index in [0.29, 0.717) is 17.0 Å². The SMILES string of the molecule is O=C1CC[C@@](CS(=O)(=O)c2ccc(Br)cc2)(c2ccc(Cl)cc2)O1. The van der Waals surface area contributed by atoms with Crippen molar-refractivity contribution in [3.63, 3.8) is 0 Å². The molecule has 1 aliphatic rings. The van der Waals surface area contributed by atoms with Gasteiger partial charge in [-0.3, -0.25) is 4.79 Å². The molecule has 126 valence electrons. The lowest BCUT2D eigenvalue weighted by molar-refractivity contribution is -0.147. The summed E-state index contributed by atoms with van der Waals surface area (Å²) in [6.07, 6.45) is 0.516. The van der Waals surface area contributed by atoms with Crippen LogP contribution in [0.5, 0.6) is 0 Å². The van der Waals surface area contributed by atoms with E-state index in [9.17, 15) is 13.2 Å². The molecule has 0 bridgehead atoms. The smallest absolute Gasteiger partial charge is 0.306 e. The monoisotopic (exact) mass is 428 g/mol. The molecule has 24 heavy (non-hydrogen) atoms. The third-order valence-corrected chi connectivity index (χ3v) is 6.63. The molecule has 0 spiro atoms. The largest absolute Gasteiger partial charge is 0.453 e. The molecule has 2 aromatic rings. The number of hydrogen-bond donors (Lipinski definition) is 0. The van der Waals surface area contributed by atoms with Crippen molar-refractivity contribution in [2.75, 3.05) is 5.75 Å². The second kappa shape index (κ2) is 6.50. The number of carbonyl (C=O) groups is 1. The Morgan fingerprint density at radius 2 is 1.71 bits per heavy atom. The van der Waals surface area contributed by atoms with Gasteiger partial charge in [-0.05, 0) is 42.0 Å². The van der Waals surface area contributed by atoms with Gasteiger partial charge >= 0.3 is 5.97 Å². The number of hydrogen-bond acceptors (Lipinski definition) is 4. The van der Waals surface area contributed by atoms with E-state index < -0.39 is 21.4 Å². The fraction of sp³-hybridized carbons (Fsp3) is 0.235. The fourth-order valence-corrected chi connectivity index (χ4v) is 4.89. The van der Waals surface area contributed by atoms with Crippen LogP contribution in [0, 0.1) is 0 Å².